The highest BCUT2D eigenvalue weighted by Crippen LogP contribution is 2.32. The summed E-state index contributed by atoms with van der Waals surface area (Å²) in [7, 11) is 7.21. The number of rotatable bonds is 13. The van der Waals surface area contributed by atoms with Crippen molar-refractivity contribution >= 4 is 6.29 Å². The van der Waals surface area contributed by atoms with Crippen molar-refractivity contribution in [2.45, 2.75) is 32.4 Å². The van der Waals surface area contributed by atoms with Gasteiger partial charge in [-0.1, -0.05) is 0 Å². The molecule has 8 nitrogen and oxygen atoms in total. The first-order valence-corrected chi connectivity index (χ1v) is 12.3. The Morgan fingerprint density at radius 3 is 2.36 bits per heavy atom. The highest BCUT2D eigenvalue weighted by Gasteiger charge is 2.23. The van der Waals surface area contributed by atoms with Crippen molar-refractivity contribution < 1.29 is 19.0 Å². The van der Waals surface area contributed by atoms with Crippen LogP contribution in [0.25, 0.3) is 0 Å². The Morgan fingerprint density at radius 2 is 1.78 bits per heavy atom. The first kappa shape index (κ1) is 25.6. The number of aromatic nitrogens is 2. The molecule has 1 aromatic heterocycles. The van der Waals surface area contributed by atoms with Gasteiger partial charge in [0.05, 0.1) is 27.4 Å². The van der Waals surface area contributed by atoms with Crippen LogP contribution in [-0.4, -0.2) is 54.7 Å². The van der Waals surface area contributed by atoms with Gasteiger partial charge in [0.25, 0.3) is 0 Å². The number of imidazole rings is 1. The fraction of sp³-hybridized carbons (Fsp3) is 0.429. The van der Waals surface area contributed by atoms with Crippen LogP contribution >= 0.6 is 0 Å². The molecule has 1 aliphatic rings. The number of hydrogen-bond donors (Lipinski definition) is 1. The van der Waals surface area contributed by atoms with Gasteiger partial charge in [0.1, 0.15) is 23.5 Å². The molecule has 1 aliphatic carbocycles. The van der Waals surface area contributed by atoms with Gasteiger partial charge in [-0.15, -0.1) is 0 Å². The summed E-state index contributed by atoms with van der Waals surface area (Å²) in [6.07, 6.45) is 7.75. The normalized spacial score (nSPS) is 13.1. The van der Waals surface area contributed by atoms with E-state index in [2.05, 4.69) is 11.9 Å². The highest BCUT2D eigenvalue weighted by molar-refractivity contribution is 5.79. The molecule has 0 aliphatic heterocycles. The molecule has 0 bridgehead atoms. The maximum absolute atomic E-state index is 12.1. The summed E-state index contributed by atoms with van der Waals surface area (Å²) in [4.78, 5) is 14.4. The van der Waals surface area contributed by atoms with E-state index in [4.69, 9.17) is 19.6 Å². The number of carbonyl (C=O) groups excluding carboxylic acids is 1. The van der Waals surface area contributed by atoms with E-state index in [1.807, 2.05) is 54.3 Å². The molecular weight excluding hydrogens is 456 g/mol. The molecule has 1 saturated carbocycles. The number of aryl methyl sites for hydroxylation is 1. The van der Waals surface area contributed by atoms with E-state index in [1.54, 1.807) is 18.8 Å². The van der Waals surface area contributed by atoms with E-state index in [-0.39, 0.29) is 0 Å². The van der Waals surface area contributed by atoms with Crippen molar-refractivity contribution in [3.8, 4) is 17.2 Å². The minimum atomic E-state index is 0.406. The van der Waals surface area contributed by atoms with Crippen LogP contribution in [0, 0.1) is 11.3 Å². The van der Waals surface area contributed by atoms with Crippen molar-refractivity contribution in [2.24, 2.45) is 13.0 Å². The predicted molar refractivity (Wildman–Crippen MR) is 138 cm³/mol. The maximum Gasteiger partial charge on any atom is 0.202 e. The molecule has 0 amide bonds. The van der Waals surface area contributed by atoms with Gasteiger partial charge in [-0.05, 0) is 67.6 Å². The van der Waals surface area contributed by atoms with Crippen LogP contribution in [0.3, 0.4) is 0 Å². The van der Waals surface area contributed by atoms with Crippen LogP contribution in [0.15, 0.2) is 42.7 Å². The highest BCUT2D eigenvalue weighted by atomic mass is 16.5. The Morgan fingerprint density at radius 1 is 1.06 bits per heavy atom. The Labute approximate surface area is 212 Å². The van der Waals surface area contributed by atoms with Gasteiger partial charge in [-0.2, -0.15) is 0 Å². The van der Waals surface area contributed by atoms with Gasteiger partial charge >= 0.3 is 0 Å². The van der Waals surface area contributed by atoms with Crippen LogP contribution in [0.5, 0.6) is 17.2 Å². The van der Waals surface area contributed by atoms with Crippen LogP contribution in [-0.2, 0) is 26.6 Å². The van der Waals surface area contributed by atoms with Crippen LogP contribution in [0.2, 0.25) is 0 Å². The second-order valence-electron chi connectivity index (χ2n) is 9.60. The lowest BCUT2D eigenvalue weighted by molar-refractivity contribution is 0.112. The third-order valence-corrected chi connectivity index (χ3v) is 6.64. The molecule has 36 heavy (non-hydrogen) atoms. The van der Waals surface area contributed by atoms with Crippen LogP contribution < -0.4 is 19.8 Å². The van der Waals surface area contributed by atoms with Crippen LogP contribution in [0.1, 0.15) is 39.9 Å². The summed E-state index contributed by atoms with van der Waals surface area (Å²) in [5.41, 5.74) is 4.04. The SMILES string of the molecule is COc1cc(CN(C)CCc2c(C=O)cc(Cn3ccn(C)c3=N)cc2OCC2CC2)cc(OC)c1. The van der Waals surface area contributed by atoms with Gasteiger partial charge in [-0.3, -0.25) is 10.2 Å². The third kappa shape index (κ3) is 6.37. The third-order valence-electron chi connectivity index (χ3n) is 6.64. The average molecular weight is 493 g/mol. The lowest BCUT2D eigenvalue weighted by atomic mass is 10.00. The molecule has 3 aromatic rings. The van der Waals surface area contributed by atoms with Crippen molar-refractivity contribution in [2.75, 3.05) is 34.4 Å². The number of carbonyl (C=O) groups is 1. The van der Waals surface area contributed by atoms with Gasteiger partial charge in [0, 0.05) is 49.7 Å². The molecule has 8 heteroatoms. The van der Waals surface area contributed by atoms with E-state index < -0.39 is 0 Å². The molecule has 0 atom stereocenters. The summed E-state index contributed by atoms with van der Waals surface area (Å²) < 4.78 is 20.7. The molecule has 4 rings (SSSR count). The topological polar surface area (TPSA) is 81.7 Å². The van der Waals surface area contributed by atoms with Gasteiger partial charge in [0.15, 0.2) is 0 Å². The molecule has 192 valence electrons. The van der Waals surface area contributed by atoms with Gasteiger partial charge in [-0.25, -0.2) is 0 Å². The molecule has 0 unspecified atom stereocenters. The monoisotopic (exact) mass is 492 g/mol. The number of ether oxygens (including phenoxy) is 3. The summed E-state index contributed by atoms with van der Waals surface area (Å²) in [5.74, 6) is 2.91. The number of methoxy groups -OCH3 is 2. The number of nitrogens with zero attached hydrogens (tertiary/aromatic N) is 3. The summed E-state index contributed by atoms with van der Waals surface area (Å²) in [5, 5.41) is 8.23. The number of aldehydes is 1. The zero-order chi connectivity index (χ0) is 25.7. The maximum atomic E-state index is 12.1. The van der Waals surface area contributed by atoms with Crippen molar-refractivity contribution in [1.82, 2.24) is 14.0 Å². The standard InChI is InChI=1S/C28H36N4O4/c1-30(16-22-12-24(34-3)15-25(13-22)35-4)8-7-26-23(18-33)11-21(14-27(26)36-19-20-5-6-20)17-32-10-9-31(2)28(32)29/h9-15,18,20,29H,5-8,16-17,19H2,1-4H3. The molecule has 1 heterocycles. The van der Waals surface area contributed by atoms with Crippen molar-refractivity contribution in [1.29, 1.82) is 5.41 Å². The molecule has 1 fully saturated rings. The van der Waals surface area contributed by atoms with E-state index in [9.17, 15) is 4.79 Å². The second kappa shape index (κ2) is 11.5. The quantitative estimate of drug-likeness (QED) is 0.369. The molecule has 0 saturated heterocycles. The van der Waals surface area contributed by atoms with E-state index in [0.29, 0.717) is 36.7 Å². The summed E-state index contributed by atoms with van der Waals surface area (Å²) in [6.45, 7) is 2.66. The van der Waals surface area contributed by atoms with Crippen molar-refractivity contribution in [3.63, 3.8) is 0 Å². The minimum absolute atomic E-state index is 0.406. The zero-order valence-corrected chi connectivity index (χ0v) is 21.6. The van der Waals surface area contributed by atoms with E-state index >= 15 is 0 Å². The van der Waals surface area contributed by atoms with Crippen LogP contribution in [0.4, 0.5) is 0 Å². The van der Waals surface area contributed by atoms with E-state index in [1.165, 1.54) is 12.8 Å². The first-order valence-electron chi connectivity index (χ1n) is 12.3. The predicted octanol–water partition coefficient (Wildman–Crippen LogP) is 3.65. The summed E-state index contributed by atoms with van der Waals surface area (Å²) in [6, 6.07) is 9.85. The minimum Gasteiger partial charge on any atom is -0.497 e. The smallest absolute Gasteiger partial charge is 0.202 e. The average Bonchev–Trinajstić information content (AvgIpc) is 3.67. The largest absolute Gasteiger partial charge is 0.497 e. The second-order valence-corrected chi connectivity index (χ2v) is 9.60. The number of nitrogens with one attached hydrogen (secondary N) is 1. The van der Waals surface area contributed by atoms with Crippen molar-refractivity contribution in [3.05, 3.63) is 70.6 Å². The summed E-state index contributed by atoms with van der Waals surface area (Å²) >= 11 is 0. The zero-order valence-electron chi connectivity index (χ0n) is 21.6. The molecule has 0 spiro atoms. The Balaban J connectivity index is 1.52. The molecule has 2 aromatic carbocycles. The fourth-order valence-electron chi connectivity index (χ4n) is 4.31. The lowest BCUT2D eigenvalue weighted by Crippen LogP contribution is -2.23. The Hall–Kier alpha value is -3.52. The Kier molecular flexibility index (Phi) is 8.15. The first-order chi connectivity index (χ1) is 17.4. The Bertz CT molecular complexity index is 1240. The number of benzene rings is 2. The molecule has 1 N–H and O–H groups in total. The molecular formula is C28H36N4O4. The van der Waals surface area contributed by atoms with Gasteiger partial charge < -0.3 is 28.2 Å². The lowest BCUT2D eigenvalue weighted by Gasteiger charge is -2.20. The molecule has 0 radical (unpaired) electrons. The van der Waals surface area contributed by atoms with Gasteiger partial charge in [0.2, 0.25) is 5.62 Å². The number of hydrogen-bond acceptors (Lipinski definition) is 6. The number of likely N-dealkylation sites (N-methyl/N-ethyl adjacent to an activating group) is 1. The van der Waals surface area contributed by atoms with E-state index in [0.717, 1.165) is 53.3 Å². The fourth-order valence-corrected chi connectivity index (χ4v) is 4.31.